The molecule has 0 aliphatic carbocycles. The molecule has 10 heteroatoms. The smallest absolute Gasteiger partial charge is 0.410 e. The monoisotopic (exact) mass is 571 g/mol. The van der Waals surface area contributed by atoms with E-state index in [9.17, 15) is 9.59 Å². The number of halogens is 2. The molecule has 2 atom stereocenters. The summed E-state index contributed by atoms with van der Waals surface area (Å²) in [6.45, 7) is 7.78. The molecule has 0 spiro atoms. The third-order valence-electron chi connectivity index (χ3n) is 7.81. The van der Waals surface area contributed by atoms with Crippen molar-refractivity contribution in [3.63, 3.8) is 0 Å². The van der Waals surface area contributed by atoms with Crippen LogP contribution in [-0.2, 0) is 9.53 Å². The number of fused-ring (bicyclic) bond motifs is 1. The van der Waals surface area contributed by atoms with Crippen LogP contribution in [0.2, 0.25) is 10.0 Å². The summed E-state index contributed by atoms with van der Waals surface area (Å²) in [7, 11) is 0. The summed E-state index contributed by atoms with van der Waals surface area (Å²) in [5.74, 6) is 0.0294. The Balaban J connectivity index is 1.25. The molecule has 5 rings (SSSR count). The van der Waals surface area contributed by atoms with Crippen LogP contribution in [0.15, 0.2) is 42.6 Å². The second-order valence-electron chi connectivity index (χ2n) is 10.3. The highest BCUT2D eigenvalue weighted by Gasteiger charge is 2.38. The van der Waals surface area contributed by atoms with Gasteiger partial charge in [0.2, 0.25) is 5.91 Å². The number of anilines is 1. The minimum atomic E-state index is -0.419. The molecule has 2 aromatic carbocycles. The number of rotatable bonds is 7. The van der Waals surface area contributed by atoms with Gasteiger partial charge in [-0.15, -0.1) is 0 Å². The van der Waals surface area contributed by atoms with E-state index in [2.05, 4.69) is 42.0 Å². The van der Waals surface area contributed by atoms with E-state index >= 15 is 0 Å². The van der Waals surface area contributed by atoms with Crippen LogP contribution in [-0.4, -0.2) is 77.0 Å². The number of unbranched alkanes of at least 4 members (excludes halogenated alkanes) is 1. The van der Waals surface area contributed by atoms with Crippen molar-refractivity contribution in [3.05, 3.63) is 58.2 Å². The van der Waals surface area contributed by atoms with Crippen LogP contribution in [0.5, 0.6) is 0 Å². The van der Waals surface area contributed by atoms with Crippen LogP contribution >= 0.6 is 23.2 Å². The number of aromatic nitrogens is 2. The molecular weight excluding hydrogens is 537 g/mol. The van der Waals surface area contributed by atoms with Crippen LogP contribution in [0.4, 0.5) is 10.5 Å². The summed E-state index contributed by atoms with van der Waals surface area (Å²) < 4.78 is 7.38. The van der Waals surface area contributed by atoms with E-state index in [4.69, 9.17) is 27.9 Å². The molecule has 0 radical (unpaired) electrons. The second-order valence-corrected chi connectivity index (χ2v) is 11.1. The van der Waals surface area contributed by atoms with Crippen LogP contribution in [0, 0.1) is 0 Å². The van der Waals surface area contributed by atoms with Crippen molar-refractivity contribution < 1.29 is 14.3 Å². The molecule has 0 unspecified atom stereocenters. The molecule has 0 N–H and O–H groups in total. The van der Waals surface area contributed by atoms with Gasteiger partial charge in [-0.05, 0) is 62.1 Å². The number of piperazine rings is 1. The number of hydrogen-bond donors (Lipinski definition) is 0. The Kier molecular flexibility index (Phi) is 8.52. The van der Waals surface area contributed by atoms with Crippen LogP contribution in [0.25, 0.3) is 10.9 Å². The number of likely N-dealkylation sites (tertiary alicyclic amines) is 1. The first-order valence-corrected chi connectivity index (χ1v) is 14.5. The molecule has 1 aromatic heterocycles. The Bertz CT molecular complexity index is 1340. The van der Waals surface area contributed by atoms with Crippen LogP contribution in [0.1, 0.15) is 51.1 Å². The maximum atomic E-state index is 13.4. The van der Waals surface area contributed by atoms with Crippen molar-refractivity contribution in [2.45, 2.75) is 51.6 Å². The van der Waals surface area contributed by atoms with Crippen LogP contribution < -0.4 is 4.90 Å². The van der Waals surface area contributed by atoms with E-state index in [-0.39, 0.29) is 18.0 Å². The lowest BCUT2D eigenvalue weighted by Gasteiger charge is -2.38. The molecular formula is C29H35Cl2N5O3. The lowest BCUT2D eigenvalue weighted by molar-refractivity contribution is -0.135. The molecule has 2 aliphatic heterocycles. The predicted molar refractivity (Wildman–Crippen MR) is 155 cm³/mol. The molecule has 39 heavy (non-hydrogen) atoms. The quantitative estimate of drug-likeness (QED) is 0.325. The van der Waals surface area contributed by atoms with Crippen molar-refractivity contribution in [2.75, 3.05) is 44.2 Å². The molecule has 8 nitrogen and oxygen atoms in total. The fraction of sp³-hybridized carbons (Fsp3) is 0.483. The Hall–Kier alpha value is -2.97. The Morgan fingerprint density at radius 2 is 1.87 bits per heavy atom. The van der Waals surface area contributed by atoms with E-state index in [0.29, 0.717) is 42.7 Å². The van der Waals surface area contributed by atoms with Crippen molar-refractivity contribution in [2.24, 2.45) is 0 Å². The Morgan fingerprint density at radius 3 is 2.62 bits per heavy atom. The summed E-state index contributed by atoms with van der Waals surface area (Å²) in [6.07, 6.45) is 4.82. The van der Waals surface area contributed by atoms with Gasteiger partial charge < -0.3 is 14.5 Å². The van der Waals surface area contributed by atoms with E-state index in [1.807, 2.05) is 27.9 Å². The maximum Gasteiger partial charge on any atom is 0.410 e. The molecule has 208 valence electrons. The number of nitrogens with zero attached hydrogens (tertiary/aromatic N) is 5. The van der Waals surface area contributed by atoms with Gasteiger partial charge in [0.25, 0.3) is 0 Å². The standard InChI is InChI=1S/C29H35Cl2N5O3/c1-3-4-16-39-29(38)35-11-5-6-26(35)28(37)34-14-12-33(13-15-34)23-9-7-21-19-32-36(27(21)18-23)20(2)24-10-8-22(30)17-25(24)31/h7-10,17-20,26H,3-6,11-16H2,1-2H3/t20-,26-/m1/s1. The first-order chi connectivity index (χ1) is 18.9. The molecule has 2 amide bonds. The maximum absolute atomic E-state index is 13.4. The zero-order chi connectivity index (χ0) is 27.5. The van der Waals surface area contributed by atoms with Gasteiger partial charge in [-0.25, -0.2) is 4.79 Å². The predicted octanol–water partition coefficient (Wildman–Crippen LogP) is 6.00. The number of hydrogen-bond acceptors (Lipinski definition) is 5. The summed E-state index contributed by atoms with van der Waals surface area (Å²) in [5, 5.41) is 6.93. The topological polar surface area (TPSA) is 70.9 Å². The molecule has 0 bridgehead atoms. The Morgan fingerprint density at radius 1 is 1.08 bits per heavy atom. The van der Waals surface area contributed by atoms with Crippen molar-refractivity contribution in [1.29, 1.82) is 0 Å². The highest BCUT2D eigenvalue weighted by atomic mass is 35.5. The first-order valence-electron chi connectivity index (χ1n) is 13.8. The van der Waals surface area contributed by atoms with Gasteiger partial charge in [0.15, 0.2) is 0 Å². The summed E-state index contributed by atoms with van der Waals surface area (Å²) in [4.78, 5) is 31.7. The average Bonchev–Trinajstić information content (AvgIpc) is 3.60. The molecule has 2 saturated heterocycles. The molecule has 3 aromatic rings. The van der Waals surface area contributed by atoms with E-state index in [1.165, 1.54) is 0 Å². The van der Waals surface area contributed by atoms with Crippen molar-refractivity contribution in [1.82, 2.24) is 19.6 Å². The zero-order valence-corrected chi connectivity index (χ0v) is 24.0. The number of carbonyl (C=O) groups is 2. The number of ether oxygens (including phenoxy) is 1. The van der Waals surface area contributed by atoms with E-state index in [1.54, 1.807) is 11.0 Å². The molecule has 2 fully saturated rings. The summed E-state index contributed by atoms with van der Waals surface area (Å²) in [6, 6.07) is 11.4. The van der Waals surface area contributed by atoms with Gasteiger partial charge in [0.05, 0.1) is 24.4 Å². The molecule has 3 heterocycles. The van der Waals surface area contributed by atoms with Crippen LogP contribution in [0.3, 0.4) is 0 Å². The SMILES string of the molecule is CCCCOC(=O)N1CCC[C@@H]1C(=O)N1CCN(c2ccc3cnn([C@H](C)c4ccc(Cl)cc4Cl)c3c2)CC1. The third-order valence-corrected chi connectivity index (χ3v) is 8.38. The summed E-state index contributed by atoms with van der Waals surface area (Å²) >= 11 is 12.6. The van der Waals surface area contributed by atoms with Gasteiger partial charge in [-0.2, -0.15) is 5.10 Å². The lowest BCUT2D eigenvalue weighted by atomic mass is 10.1. The minimum absolute atomic E-state index is 0.0294. The molecule has 2 aliphatic rings. The highest BCUT2D eigenvalue weighted by molar-refractivity contribution is 6.35. The van der Waals surface area contributed by atoms with E-state index in [0.717, 1.165) is 54.5 Å². The Labute approximate surface area is 239 Å². The fourth-order valence-corrected chi connectivity index (χ4v) is 6.09. The number of amides is 2. The second kappa shape index (κ2) is 12.0. The largest absolute Gasteiger partial charge is 0.449 e. The number of benzene rings is 2. The van der Waals surface area contributed by atoms with Crippen molar-refractivity contribution >= 4 is 51.8 Å². The van der Waals surface area contributed by atoms with Gasteiger partial charge in [-0.3, -0.25) is 14.4 Å². The van der Waals surface area contributed by atoms with Gasteiger partial charge in [0, 0.05) is 53.8 Å². The fourth-order valence-electron chi connectivity index (χ4n) is 5.53. The molecule has 0 saturated carbocycles. The van der Waals surface area contributed by atoms with Crippen molar-refractivity contribution in [3.8, 4) is 0 Å². The van der Waals surface area contributed by atoms with Gasteiger partial charge in [0.1, 0.15) is 6.04 Å². The highest BCUT2D eigenvalue weighted by Crippen LogP contribution is 2.32. The van der Waals surface area contributed by atoms with E-state index < -0.39 is 6.04 Å². The van der Waals surface area contributed by atoms with Gasteiger partial charge >= 0.3 is 6.09 Å². The number of carbonyl (C=O) groups excluding carboxylic acids is 2. The lowest BCUT2D eigenvalue weighted by Crippen LogP contribution is -2.54. The zero-order valence-electron chi connectivity index (χ0n) is 22.5. The summed E-state index contributed by atoms with van der Waals surface area (Å²) in [5.41, 5.74) is 3.07. The minimum Gasteiger partial charge on any atom is -0.449 e. The first kappa shape index (κ1) is 27.6. The average molecular weight is 573 g/mol. The van der Waals surface area contributed by atoms with Gasteiger partial charge in [-0.1, -0.05) is 42.6 Å². The normalized spacial score (nSPS) is 18.6. The third kappa shape index (κ3) is 5.82.